The quantitative estimate of drug-likeness (QED) is 0.367. The number of benzene rings is 2. The lowest BCUT2D eigenvalue weighted by Crippen LogP contribution is -2.02. The van der Waals surface area contributed by atoms with Gasteiger partial charge in [-0.15, -0.1) is 0 Å². The third-order valence-corrected chi connectivity index (χ3v) is 3.00. The first kappa shape index (κ1) is 14.7. The van der Waals surface area contributed by atoms with Gasteiger partial charge in [0, 0.05) is 24.3 Å². The smallest absolute Gasteiger partial charge is 0.216 e. The van der Waals surface area contributed by atoms with Crippen molar-refractivity contribution in [1.82, 2.24) is 0 Å². The van der Waals surface area contributed by atoms with Gasteiger partial charge in [0.25, 0.3) is 0 Å². The average molecular weight is 287 g/mol. The fourth-order valence-electron chi connectivity index (χ4n) is 1.93. The molecule has 0 radical (unpaired) electrons. The number of rotatable bonds is 5. The van der Waals surface area contributed by atoms with Crippen molar-refractivity contribution in [2.75, 3.05) is 21.3 Å². The third-order valence-electron chi connectivity index (χ3n) is 3.00. The first-order chi connectivity index (χ1) is 10.2. The molecule has 2 aromatic carbocycles. The van der Waals surface area contributed by atoms with Crippen LogP contribution < -0.4 is 14.2 Å². The van der Waals surface area contributed by atoms with E-state index in [-0.39, 0.29) is 0 Å². The molecule has 0 bridgehead atoms. The summed E-state index contributed by atoms with van der Waals surface area (Å²) in [6.07, 6.45) is 1.44. The van der Waals surface area contributed by atoms with E-state index in [2.05, 4.69) is 0 Å². The molecule has 21 heavy (non-hydrogen) atoms. The second kappa shape index (κ2) is 6.65. The zero-order chi connectivity index (χ0) is 15.2. The van der Waals surface area contributed by atoms with Crippen molar-refractivity contribution >= 4 is 11.9 Å². The molecule has 2 aromatic rings. The Morgan fingerprint density at radius 3 is 2.00 bits per heavy atom. The number of nitrogens with zero attached hydrogens (tertiary/aromatic N) is 1. The molecule has 110 valence electrons. The summed E-state index contributed by atoms with van der Waals surface area (Å²) in [4.78, 5) is 0. The molecule has 0 aliphatic carbocycles. The Morgan fingerprint density at radius 1 is 0.857 bits per heavy atom. The zero-order valence-corrected chi connectivity index (χ0v) is 12.2. The third kappa shape index (κ3) is 3.25. The van der Waals surface area contributed by atoms with E-state index in [0.29, 0.717) is 28.5 Å². The molecule has 0 aliphatic rings. The highest BCUT2D eigenvalue weighted by molar-refractivity contribution is 5.82. The Labute approximate surface area is 123 Å². The summed E-state index contributed by atoms with van der Waals surface area (Å²) < 4.78 is 16.5. The summed E-state index contributed by atoms with van der Waals surface area (Å²) in [7, 11) is 4.63. The standard InChI is InChI=1S/C16H17NO4/c1-19-14-10-16(21-3)15(20-2)9-12(14)11-17(18)13-7-5-4-6-8-13/h4-11H,1-3H3/b17-11-. The number of ether oxygens (including phenoxy) is 3. The Hall–Kier alpha value is -2.69. The van der Waals surface area contributed by atoms with E-state index in [9.17, 15) is 5.21 Å². The van der Waals surface area contributed by atoms with Crippen molar-refractivity contribution in [3.05, 3.63) is 53.2 Å². The van der Waals surface area contributed by atoms with Crippen LogP contribution in [-0.2, 0) is 0 Å². The van der Waals surface area contributed by atoms with Gasteiger partial charge in [0.2, 0.25) is 5.69 Å². The van der Waals surface area contributed by atoms with E-state index in [1.54, 1.807) is 50.6 Å². The van der Waals surface area contributed by atoms with Crippen LogP contribution in [0.25, 0.3) is 0 Å². The molecule has 0 saturated carbocycles. The topological polar surface area (TPSA) is 53.8 Å². The van der Waals surface area contributed by atoms with E-state index < -0.39 is 0 Å². The molecule has 0 saturated heterocycles. The van der Waals surface area contributed by atoms with Crippen molar-refractivity contribution in [3.8, 4) is 17.2 Å². The van der Waals surface area contributed by atoms with E-state index in [1.165, 1.54) is 13.3 Å². The SMILES string of the molecule is COc1cc(OC)c(OC)cc1/C=[N+](\[O-])c1ccccc1. The van der Waals surface area contributed by atoms with E-state index >= 15 is 0 Å². The predicted octanol–water partition coefficient (Wildman–Crippen LogP) is 2.97. The highest BCUT2D eigenvalue weighted by Crippen LogP contribution is 2.33. The Balaban J connectivity index is 2.48. The molecule has 0 N–H and O–H groups in total. The van der Waals surface area contributed by atoms with Crippen LogP contribution in [0.4, 0.5) is 5.69 Å². The molecule has 2 rings (SSSR count). The van der Waals surface area contributed by atoms with Gasteiger partial charge in [-0.2, -0.15) is 4.74 Å². The molecule has 0 aliphatic heterocycles. The van der Waals surface area contributed by atoms with Gasteiger partial charge in [-0.25, -0.2) is 0 Å². The van der Waals surface area contributed by atoms with Crippen LogP contribution in [0.1, 0.15) is 5.56 Å². The molecule has 0 aromatic heterocycles. The maximum absolute atomic E-state index is 12.2. The number of hydrogen-bond acceptors (Lipinski definition) is 4. The number of hydrogen-bond donors (Lipinski definition) is 0. The first-order valence-corrected chi connectivity index (χ1v) is 6.36. The Morgan fingerprint density at radius 2 is 1.43 bits per heavy atom. The summed E-state index contributed by atoms with van der Waals surface area (Å²) >= 11 is 0. The van der Waals surface area contributed by atoms with Crippen molar-refractivity contribution in [1.29, 1.82) is 0 Å². The highest BCUT2D eigenvalue weighted by atomic mass is 16.5. The molecule has 5 nitrogen and oxygen atoms in total. The molecule has 0 atom stereocenters. The molecule has 5 heteroatoms. The second-order valence-corrected chi connectivity index (χ2v) is 4.24. The van der Waals surface area contributed by atoms with E-state index in [1.807, 2.05) is 6.07 Å². The van der Waals surface area contributed by atoms with Crippen LogP contribution in [0, 0.1) is 5.21 Å². The minimum Gasteiger partial charge on any atom is -0.618 e. The summed E-state index contributed by atoms with van der Waals surface area (Å²) in [5.41, 5.74) is 1.14. The van der Waals surface area contributed by atoms with Crippen molar-refractivity contribution in [2.24, 2.45) is 0 Å². The summed E-state index contributed by atoms with van der Waals surface area (Å²) in [6.45, 7) is 0. The fraction of sp³-hybridized carbons (Fsp3) is 0.188. The Bertz CT molecular complexity index is 638. The molecule has 0 heterocycles. The minimum absolute atomic E-state index is 0.532. The normalized spacial score (nSPS) is 11.1. The van der Waals surface area contributed by atoms with Crippen LogP contribution >= 0.6 is 0 Å². The molecule has 0 fully saturated rings. The van der Waals surface area contributed by atoms with Gasteiger partial charge in [-0.3, -0.25) is 0 Å². The van der Waals surface area contributed by atoms with Gasteiger partial charge < -0.3 is 19.4 Å². The summed E-state index contributed by atoms with van der Waals surface area (Å²) in [5.74, 6) is 1.61. The van der Waals surface area contributed by atoms with Crippen molar-refractivity contribution in [2.45, 2.75) is 0 Å². The van der Waals surface area contributed by atoms with Gasteiger partial charge in [0.15, 0.2) is 17.7 Å². The van der Waals surface area contributed by atoms with Crippen LogP contribution in [0.3, 0.4) is 0 Å². The van der Waals surface area contributed by atoms with Crippen LogP contribution in [0.2, 0.25) is 0 Å². The lowest BCUT2D eigenvalue weighted by Gasteiger charge is -2.12. The largest absolute Gasteiger partial charge is 0.618 e. The van der Waals surface area contributed by atoms with Crippen molar-refractivity contribution < 1.29 is 18.9 Å². The van der Waals surface area contributed by atoms with Gasteiger partial charge in [0.1, 0.15) is 5.75 Å². The number of para-hydroxylation sites is 1. The minimum atomic E-state index is 0.532. The van der Waals surface area contributed by atoms with Crippen LogP contribution in [-0.4, -0.2) is 32.3 Å². The molecule has 0 spiro atoms. The van der Waals surface area contributed by atoms with Crippen LogP contribution in [0.5, 0.6) is 17.2 Å². The number of methoxy groups -OCH3 is 3. The monoisotopic (exact) mass is 287 g/mol. The lowest BCUT2D eigenvalue weighted by atomic mass is 10.2. The van der Waals surface area contributed by atoms with Gasteiger partial charge in [0.05, 0.1) is 26.9 Å². The van der Waals surface area contributed by atoms with Crippen LogP contribution in [0.15, 0.2) is 42.5 Å². The van der Waals surface area contributed by atoms with Gasteiger partial charge >= 0.3 is 0 Å². The highest BCUT2D eigenvalue weighted by Gasteiger charge is 2.13. The van der Waals surface area contributed by atoms with Gasteiger partial charge in [-0.05, 0) is 0 Å². The van der Waals surface area contributed by atoms with Gasteiger partial charge in [-0.1, -0.05) is 18.2 Å². The van der Waals surface area contributed by atoms with Crippen molar-refractivity contribution in [3.63, 3.8) is 0 Å². The molecule has 0 unspecified atom stereocenters. The maximum atomic E-state index is 12.2. The zero-order valence-electron chi connectivity index (χ0n) is 12.2. The Kier molecular flexibility index (Phi) is 4.66. The fourth-order valence-corrected chi connectivity index (χ4v) is 1.93. The lowest BCUT2D eigenvalue weighted by molar-refractivity contribution is -0.354. The summed E-state index contributed by atoms with van der Waals surface area (Å²) in [5, 5.41) is 12.2. The second-order valence-electron chi connectivity index (χ2n) is 4.24. The predicted molar refractivity (Wildman–Crippen MR) is 81.0 cm³/mol. The average Bonchev–Trinajstić information content (AvgIpc) is 2.55. The molecule has 0 amide bonds. The molecular formula is C16H17NO4. The molecular weight excluding hydrogens is 270 g/mol. The summed E-state index contributed by atoms with van der Waals surface area (Å²) in [6, 6.07) is 12.3. The van der Waals surface area contributed by atoms with E-state index in [4.69, 9.17) is 14.2 Å². The maximum Gasteiger partial charge on any atom is 0.216 e. The van der Waals surface area contributed by atoms with E-state index in [0.717, 1.165) is 4.74 Å². The first-order valence-electron chi connectivity index (χ1n) is 6.36.